The largest absolute Gasteiger partial charge is 0.477 e. The summed E-state index contributed by atoms with van der Waals surface area (Å²) in [5, 5.41) is 31.9. The number of hydrogen-bond donors (Lipinski definition) is 5. The van der Waals surface area contributed by atoms with Gasteiger partial charge in [0.05, 0.1) is 0 Å². The topological polar surface area (TPSA) is 123 Å². The van der Waals surface area contributed by atoms with Gasteiger partial charge in [-0.1, -0.05) is 12.1 Å². The molecule has 0 aliphatic carbocycles. The molecular formula is C14H16N2O5. The molecule has 7 nitrogen and oxygen atoms in total. The molecule has 0 aliphatic heterocycles. The van der Waals surface area contributed by atoms with Crippen LogP contribution in [0.1, 0.15) is 29.1 Å². The third-order valence-electron chi connectivity index (χ3n) is 3.14. The van der Waals surface area contributed by atoms with Crippen LogP contribution in [0.5, 0.6) is 0 Å². The van der Waals surface area contributed by atoms with Gasteiger partial charge in [-0.25, -0.2) is 4.79 Å². The van der Waals surface area contributed by atoms with E-state index in [2.05, 4.69) is 10.3 Å². The summed E-state index contributed by atoms with van der Waals surface area (Å²) in [7, 11) is 0. The molecule has 1 aromatic heterocycles. The Bertz CT molecular complexity index is 679. The molecule has 1 aromatic carbocycles. The molecule has 2 rings (SSSR count). The van der Waals surface area contributed by atoms with E-state index >= 15 is 0 Å². The molecule has 0 saturated heterocycles. The fourth-order valence-corrected chi connectivity index (χ4v) is 2.03. The number of carboxylic acid groups (broad SMARTS) is 1. The summed E-state index contributed by atoms with van der Waals surface area (Å²) in [6.45, 7) is 1.25. The zero-order valence-corrected chi connectivity index (χ0v) is 11.3. The van der Waals surface area contributed by atoms with Crippen LogP contribution in [-0.2, 0) is 4.79 Å². The van der Waals surface area contributed by atoms with Gasteiger partial charge in [0.1, 0.15) is 17.9 Å². The number of aliphatic hydroxyl groups is 2. The molecule has 112 valence electrons. The number of aromatic nitrogens is 1. The number of benzene rings is 1. The lowest BCUT2D eigenvalue weighted by molar-refractivity contribution is -0.119. The van der Waals surface area contributed by atoms with Gasteiger partial charge >= 0.3 is 5.97 Å². The second kappa shape index (κ2) is 5.94. The lowest BCUT2D eigenvalue weighted by Crippen LogP contribution is -2.34. The van der Waals surface area contributed by atoms with E-state index in [1.165, 1.54) is 13.0 Å². The predicted molar refractivity (Wildman–Crippen MR) is 74.9 cm³/mol. The highest BCUT2D eigenvalue weighted by molar-refractivity contribution is 5.93. The van der Waals surface area contributed by atoms with E-state index < -0.39 is 18.2 Å². The van der Waals surface area contributed by atoms with Crippen LogP contribution >= 0.6 is 0 Å². The summed E-state index contributed by atoms with van der Waals surface area (Å²) in [6, 6.07) is 6.32. The highest BCUT2D eigenvalue weighted by Gasteiger charge is 2.19. The van der Waals surface area contributed by atoms with Gasteiger partial charge in [-0.15, -0.1) is 0 Å². The van der Waals surface area contributed by atoms with E-state index in [0.717, 1.165) is 0 Å². The van der Waals surface area contributed by atoms with E-state index in [9.17, 15) is 19.8 Å². The summed E-state index contributed by atoms with van der Waals surface area (Å²) in [6.07, 6.45) is -2.34. The van der Waals surface area contributed by atoms with Crippen LogP contribution in [0, 0.1) is 0 Å². The van der Waals surface area contributed by atoms with Crippen LogP contribution in [0.4, 0.5) is 0 Å². The molecule has 2 atom stereocenters. The Morgan fingerprint density at radius 1 is 1.29 bits per heavy atom. The van der Waals surface area contributed by atoms with Crippen molar-refractivity contribution in [2.45, 2.75) is 19.1 Å². The molecule has 1 amide bonds. The monoisotopic (exact) mass is 292 g/mol. The zero-order chi connectivity index (χ0) is 15.6. The Hall–Kier alpha value is -2.38. The maximum Gasteiger partial charge on any atom is 0.352 e. The number of aromatic carboxylic acids is 1. The number of amides is 1. The molecule has 0 radical (unpaired) electrons. The van der Waals surface area contributed by atoms with Gasteiger partial charge in [0, 0.05) is 24.4 Å². The Labute approximate surface area is 120 Å². The van der Waals surface area contributed by atoms with Crippen LogP contribution in [0.25, 0.3) is 10.9 Å². The average Bonchev–Trinajstić information content (AvgIpc) is 2.86. The van der Waals surface area contributed by atoms with Gasteiger partial charge < -0.3 is 25.6 Å². The van der Waals surface area contributed by atoms with Crippen molar-refractivity contribution in [1.29, 1.82) is 0 Å². The minimum Gasteiger partial charge on any atom is -0.477 e. The number of fused-ring (bicyclic) bond motifs is 1. The maximum atomic E-state index is 10.9. The summed E-state index contributed by atoms with van der Waals surface area (Å²) >= 11 is 0. The molecule has 0 aliphatic rings. The van der Waals surface area contributed by atoms with E-state index in [1.807, 2.05) is 0 Å². The standard InChI is InChI=1S/C14H16N2O5/c1-7(17)15-6-12(18)13(19)9-3-2-8-4-11(14(20)21)16-10(8)5-9/h2-5,12-13,16,18-19H,6H2,1H3,(H,15,17)(H,20,21). The van der Waals surface area contributed by atoms with Crippen LogP contribution in [-0.4, -0.2) is 44.8 Å². The van der Waals surface area contributed by atoms with Gasteiger partial charge in [-0.3, -0.25) is 4.79 Å². The summed E-state index contributed by atoms with van der Waals surface area (Å²) in [4.78, 5) is 24.4. The number of H-pyrrole nitrogens is 1. The highest BCUT2D eigenvalue weighted by Crippen LogP contribution is 2.23. The van der Waals surface area contributed by atoms with Crippen molar-refractivity contribution in [3.8, 4) is 0 Å². The van der Waals surface area contributed by atoms with E-state index in [-0.39, 0.29) is 18.1 Å². The molecule has 0 saturated carbocycles. The average molecular weight is 292 g/mol. The van der Waals surface area contributed by atoms with Crippen LogP contribution < -0.4 is 5.32 Å². The molecule has 21 heavy (non-hydrogen) atoms. The number of aromatic amines is 1. The fraction of sp³-hybridized carbons (Fsp3) is 0.286. The molecule has 0 fully saturated rings. The van der Waals surface area contributed by atoms with Crippen molar-refractivity contribution in [1.82, 2.24) is 10.3 Å². The zero-order valence-electron chi connectivity index (χ0n) is 11.3. The van der Waals surface area contributed by atoms with Crippen molar-refractivity contribution < 1.29 is 24.9 Å². The van der Waals surface area contributed by atoms with Crippen molar-refractivity contribution in [3.05, 3.63) is 35.5 Å². The smallest absolute Gasteiger partial charge is 0.352 e. The molecule has 2 unspecified atom stereocenters. The minimum absolute atomic E-state index is 0.0513. The maximum absolute atomic E-state index is 10.9. The SMILES string of the molecule is CC(=O)NCC(O)C(O)c1ccc2cc(C(=O)O)[nH]c2c1. The Morgan fingerprint density at radius 2 is 2.00 bits per heavy atom. The summed E-state index contributed by atoms with van der Waals surface area (Å²) in [5.41, 5.74) is 1.03. The molecular weight excluding hydrogens is 276 g/mol. The Kier molecular flexibility index (Phi) is 4.25. The van der Waals surface area contributed by atoms with Gasteiger partial charge in [0.25, 0.3) is 0 Å². The molecule has 0 spiro atoms. The summed E-state index contributed by atoms with van der Waals surface area (Å²) < 4.78 is 0. The van der Waals surface area contributed by atoms with E-state index in [1.54, 1.807) is 18.2 Å². The number of aliphatic hydroxyl groups excluding tert-OH is 2. The number of carbonyl (C=O) groups is 2. The van der Waals surface area contributed by atoms with Gasteiger partial charge in [-0.05, 0) is 17.7 Å². The van der Waals surface area contributed by atoms with Crippen molar-refractivity contribution in [2.75, 3.05) is 6.54 Å². The van der Waals surface area contributed by atoms with Gasteiger partial charge in [0.2, 0.25) is 5.91 Å². The first-order valence-corrected chi connectivity index (χ1v) is 6.35. The number of nitrogens with one attached hydrogen (secondary N) is 2. The second-order valence-electron chi connectivity index (χ2n) is 4.78. The third-order valence-corrected chi connectivity index (χ3v) is 3.14. The second-order valence-corrected chi connectivity index (χ2v) is 4.78. The van der Waals surface area contributed by atoms with Gasteiger partial charge in [0.15, 0.2) is 0 Å². The lowest BCUT2D eigenvalue weighted by Gasteiger charge is -2.18. The van der Waals surface area contributed by atoms with Gasteiger partial charge in [-0.2, -0.15) is 0 Å². The Balaban J connectivity index is 2.21. The van der Waals surface area contributed by atoms with Crippen LogP contribution in [0.3, 0.4) is 0 Å². The Morgan fingerprint density at radius 3 is 2.62 bits per heavy atom. The lowest BCUT2D eigenvalue weighted by atomic mass is 10.0. The van der Waals surface area contributed by atoms with Crippen molar-refractivity contribution in [2.24, 2.45) is 0 Å². The summed E-state index contributed by atoms with van der Waals surface area (Å²) in [5.74, 6) is -1.37. The number of carboxylic acids is 1. The predicted octanol–water partition coefficient (Wildman–Crippen LogP) is 0.396. The molecule has 7 heteroatoms. The number of hydrogen-bond acceptors (Lipinski definition) is 4. The fourth-order valence-electron chi connectivity index (χ4n) is 2.03. The molecule has 1 heterocycles. The first kappa shape index (κ1) is 15.0. The minimum atomic E-state index is -1.18. The van der Waals surface area contributed by atoms with Crippen molar-refractivity contribution >= 4 is 22.8 Å². The first-order chi connectivity index (χ1) is 9.88. The number of carbonyl (C=O) groups excluding carboxylic acids is 1. The molecule has 0 bridgehead atoms. The van der Waals surface area contributed by atoms with Crippen molar-refractivity contribution in [3.63, 3.8) is 0 Å². The van der Waals surface area contributed by atoms with E-state index in [0.29, 0.717) is 16.5 Å². The quantitative estimate of drug-likeness (QED) is 0.546. The molecule has 5 N–H and O–H groups in total. The van der Waals surface area contributed by atoms with Crippen LogP contribution in [0.2, 0.25) is 0 Å². The molecule has 2 aromatic rings. The highest BCUT2D eigenvalue weighted by atomic mass is 16.4. The number of rotatable bonds is 5. The van der Waals surface area contributed by atoms with E-state index in [4.69, 9.17) is 5.11 Å². The normalized spacial score (nSPS) is 13.9. The van der Waals surface area contributed by atoms with Crippen LogP contribution in [0.15, 0.2) is 24.3 Å². The first-order valence-electron chi connectivity index (χ1n) is 6.35. The third kappa shape index (κ3) is 3.39.